The van der Waals surface area contributed by atoms with Gasteiger partial charge in [-0.15, -0.1) is 0 Å². The number of nitrogens with two attached hydrogens (primary N) is 1. The molecule has 1 fully saturated rings. The summed E-state index contributed by atoms with van der Waals surface area (Å²) in [6.45, 7) is 7.66. The Morgan fingerprint density at radius 1 is 1.39 bits per heavy atom. The van der Waals surface area contributed by atoms with Gasteiger partial charge in [0.15, 0.2) is 0 Å². The fourth-order valence-corrected chi connectivity index (χ4v) is 3.01. The van der Waals surface area contributed by atoms with Gasteiger partial charge in [0.05, 0.1) is 0 Å². The van der Waals surface area contributed by atoms with E-state index in [0.717, 1.165) is 18.9 Å². The SMILES string of the molecule is CC(CC1CCCC1)C(=O)N(C)CC(C)(C)CN. The minimum Gasteiger partial charge on any atom is -0.345 e. The van der Waals surface area contributed by atoms with Gasteiger partial charge in [-0.1, -0.05) is 46.5 Å². The molecule has 0 aromatic heterocycles. The van der Waals surface area contributed by atoms with Crippen LogP contribution in [0.1, 0.15) is 52.9 Å². The van der Waals surface area contributed by atoms with Gasteiger partial charge in [0.25, 0.3) is 0 Å². The van der Waals surface area contributed by atoms with Gasteiger partial charge in [0.2, 0.25) is 5.91 Å². The summed E-state index contributed by atoms with van der Waals surface area (Å²) >= 11 is 0. The Morgan fingerprint density at radius 3 is 2.44 bits per heavy atom. The lowest BCUT2D eigenvalue weighted by molar-refractivity contribution is -0.135. The molecule has 106 valence electrons. The van der Waals surface area contributed by atoms with E-state index in [1.165, 1.54) is 25.7 Å². The van der Waals surface area contributed by atoms with Crippen LogP contribution in [0.5, 0.6) is 0 Å². The third kappa shape index (κ3) is 4.60. The second-order valence-corrected chi connectivity index (χ2v) is 6.85. The van der Waals surface area contributed by atoms with Gasteiger partial charge < -0.3 is 10.6 Å². The third-order valence-corrected chi connectivity index (χ3v) is 4.18. The molecule has 1 rings (SSSR count). The van der Waals surface area contributed by atoms with Gasteiger partial charge in [-0.05, 0) is 24.3 Å². The van der Waals surface area contributed by atoms with Gasteiger partial charge >= 0.3 is 0 Å². The molecule has 0 aromatic rings. The summed E-state index contributed by atoms with van der Waals surface area (Å²) in [5.41, 5.74) is 5.74. The molecule has 2 N–H and O–H groups in total. The van der Waals surface area contributed by atoms with E-state index in [1.807, 2.05) is 11.9 Å². The fraction of sp³-hybridized carbons (Fsp3) is 0.933. The van der Waals surface area contributed by atoms with E-state index in [-0.39, 0.29) is 17.2 Å². The first-order chi connectivity index (χ1) is 8.35. The maximum Gasteiger partial charge on any atom is 0.225 e. The molecule has 0 saturated heterocycles. The Kier molecular flexibility index (Phi) is 5.64. The molecule has 1 unspecified atom stereocenters. The maximum absolute atomic E-state index is 12.3. The zero-order valence-corrected chi connectivity index (χ0v) is 12.5. The summed E-state index contributed by atoms with van der Waals surface area (Å²) in [4.78, 5) is 14.2. The van der Waals surface area contributed by atoms with Crippen molar-refractivity contribution in [3.63, 3.8) is 0 Å². The number of carbonyl (C=O) groups is 1. The van der Waals surface area contributed by atoms with Crippen LogP contribution in [-0.4, -0.2) is 30.9 Å². The molecule has 3 nitrogen and oxygen atoms in total. The van der Waals surface area contributed by atoms with Crippen LogP contribution in [0.25, 0.3) is 0 Å². The van der Waals surface area contributed by atoms with E-state index in [2.05, 4.69) is 20.8 Å². The van der Waals surface area contributed by atoms with Gasteiger partial charge in [-0.3, -0.25) is 4.79 Å². The van der Waals surface area contributed by atoms with Crippen molar-refractivity contribution in [3.05, 3.63) is 0 Å². The number of hydrogen-bond acceptors (Lipinski definition) is 2. The standard InChI is InChI=1S/C15H30N2O/c1-12(9-13-7-5-6-8-13)14(18)17(4)11-15(2,3)10-16/h12-13H,5-11,16H2,1-4H3. The third-order valence-electron chi connectivity index (χ3n) is 4.18. The molecular weight excluding hydrogens is 224 g/mol. The Hall–Kier alpha value is -0.570. The Bertz CT molecular complexity index is 270. The summed E-state index contributed by atoms with van der Waals surface area (Å²) in [6.07, 6.45) is 6.39. The Morgan fingerprint density at radius 2 is 1.94 bits per heavy atom. The topological polar surface area (TPSA) is 46.3 Å². The summed E-state index contributed by atoms with van der Waals surface area (Å²) in [7, 11) is 1.91. The minimum absolute atomic E-state index is 0.0114. The van der Waals surface area contributed by atoms with E-state index in [0.29, 0.717) is 6.54 Å². The van der Waals surface area contributed by atoms with Crippen LogP contribution in [0.4, 0.5) is 0 Å². The molecule has 1 aliphatic carbocycles. The van der Waals surface area contributed by atoms with Gasteiger partial charge in [-0.25, -0.2) is 0 Å². The summed E-state index contributed by atoms with van der Waals surface area (Å²) < 4.78 is 0. The first kappa shape index (κ1) is 15.5. The van der Waals surface area contributed by atoms with Crippen LogP contribution in [0.2, 0.25) is 0 Å². The molecule has 1 aliphatic rings. The van der Waals surface area contributed by atoms with Crippen LogP contribution in [0, 0.1) is 17.3 Å². The average Bonchev–Trinajstić information content (AvgIpc) is 2.80. The average molecular weight is 254 g/mol. The molecule has 0 aliphatic heterocycles. The van der Waals surface area contributed by atoms with E-state index in [9.17, 15) is 4.79 Å². The first-order valence-corrected chi connectivity index (χ1v) is 7.31. The molecule has 0 radical (unpaired) electrons. The van der Waals surface area contributed by atoms with Crippen LogP contribution in [0.15, 0.2) is 0 Å². The summed E-state index contributed by atoms with van der Waals surface area (Å²) in [6, 6.07) is 0. The molecule has 0 heterocycles. The van der Waals surface area contributed by atoms with Crippen LogP contribution < -0.4 is 5.73 Å². The highest BCUT2D eigenvalue weighted by Crippen LogP contribution is 2.30. The van der Waals surface area contributed by atoms with Crippen LogP contribution in [0.3, 0.4) is 0 Å². The molecule has 3 heteroatoms. The summed E-state index contributed by atoms with van der Waals surface area (Å²) in [5, 5.41) is 0. The van der Waals surface area contributed by atoms with E-state index in [1.54, 1.807) is 0 Å². The normalized spacial score (nSPS) is 18.9. The molecule has 0 spiro atoms. The highest BCUT2D eigenvalue weighted by Gasteiger charge is 2.26. The van der Waals surface area contributed by atoms with Crippen molar-refractivity contribution in [2.45, 2.75) is 52.9 Å². The number of hydrogen-bond donors (Lipinski definition) is 1. The van der Waals surface area contributed by atoms with Crippen molar-refractivity contribution < 1.29 is 4.79 Å². The van der Waals surface area contributed by atoms with Crippen molar-refractivity contribution in [2.24, 2.45) is 23.0 Å². The quantitative estimate of drug-likeness (QED) is 0.792. The molecule has 0 aromatic carbocycles. The lowest BCUT2D eigenvalue weighted by Gasteiger charge is -2.31. The molecule has 1 saturated carbocycles. The monoisotopic (exact) mass is 254 g/mol. The Balaban J connectivity index is 2.41. The number of amides is 1. The van der Waals surface area contributed by atoms with Crippen LogP contribution in [-0.2, 0) is 4.79 Å². The van der Waals surface area contributed by atoms with Crippen molar-refractivity contribution in [3.8, 4) is 0 Å². The number of carbonyl (C=O) groups excluding carboxylic acids is 1. The van der Waals surface area contributed by atoms with Gasteiger partial charge in [0, 0.05) is 19.5 Å². The molecule has 18 heavy (non-hydrogen) atoms. The maximum atomic E-state index is 12.3. The van der Waals surface area contributed by atoms with E-state index < -0.39 is 0 Å². The lowest BCUT2D eigenvalue weighted by atomic mass is 9.91. The van der Waals surface area contributed by atoms with Gasteiger partial charge in [-0.2, -0.15) is 0 Å². The summed E-state index contributed by atoms with van der Waals surface area (Å²) in [5.74, 6) is 1.22. The number of nitrogens with zero attached hydrogens (tertiary/aromatic N) is 1. The van der Waals surface area contributed by atoms with Gasteiger partial charge in [0.1, 0.15) is 0 Å². The zero-order chi connectivity index (χ0) is 13.8. The second-order valence-electron chi connectivity index (χ2n) is 6.85. The molecule has 1 atom stereocenters. The van der Waals surface area contributed by atoms with E-state index in [4.69, 9.17) is 5.73 Å². The fourth-order valence-electron chi connectivity index (χ4n) is 3.01. The smallest absolute Gasteiger partial charge is 0.225 e. The predicted octanol–water partition coefficient (Wildman–Crippen LogP) is 2.65. The Labute approximate surface area is 112 Å². The van der Waals surface area contributed by atoms with Crippen LogP contribution >= 0.6 is 0 Å². The molecule has 0 bridgehead atoms. The minimum atomic E-state index is 0.0114. The predicted molar refractivity (Wildman–Crippen MR) is 76.2 cm³/mol. The van der Waals surface area contributed by atoms with Crippen molar-refractivity contribution >= 4 is 5.91 Å². The molecular formula is C15H30N2O. The van der Waals surface area contributed by atoms with E-state index >= 15 is 0 Å². The number of rotatable bonds is 6. The van der Waals surface area contributed by atoms with Crippen molar-refractivity contribution in [1.82, 2.24) is 4.90 Å². The zero-order valence-electron chi connectivity index (χ0n) is 12.5. The lowest BCUT2D eigenvalue weighted by Crippen LogP contribution is -2.42. The first-order valence-electron chi connectivity index (χ1n) is 7.31. The largest absolute Gasteiger partial charge is 0.345 e. The highest BCUT2D eigenvalue weighted by molar-refractivity contribution is 5.78. The van der Waals surface area contributed by atoms with Crippen molar-refractivity contribution in [2.75, 3.05) is 20.1 Å². The van der Waals surface area contributed by atoms with Crippen molar-refractivity contribution in [1.29, 1.82) is 0 Å². The second kappa shape index (κ2) is 6.55. The molecule has 1 amide bonds. The highest BCUT2D eigenvalue weighted by atomic mass is 16.2.